The summed E-state index contributed by atoms with van der Waals surface area (Å²) in [6.07, 6.45) is 4.48. The van der Waals surface area contributed by atoms with E-state index >= 15 is 0 Å². The van der Waals surface area contributed by atoms with Gasteiger partial charge in [0, 0.05) is 6.54 Å². The second-order valence-corrected chi connectivity index (χ2v) is 4.29. The molecule has 2 aromatic rings. The number of hydrogen-bond donors (Lipinski definition) is 0. The molecule has 0 radical (unpaired) electrons. The summed E-state index contributed by atoms with van der Waals surface area (Å²) in [7, 11) is 0. The van der Waals surface area contributed by atoms with Gasteiger partial charge in [0.1, 0.15) is 0 Å². The molecule has 0 fully saturated rings. The zero-order valence-corrected chi connectivity index (χ0v) is 10.6. The summed E-state index contributed by atoms with van der Waals surface area (Å²) in [5, 5.41) is 7.81. The van der Waals surface area contributed by atoms with Crippen molar-refractivity contribution < 1.29 is 0 Å². The molecule has 0 amide bonds. The minimum Gasteiger partial charge on any atom is -0.244 e. The van der Waals surface area contributed by atoms with Crippen LogP contribution in [0.25, 0.3) is 5.69 Å². The van der Waals surface area contributed by atoms with E-state index < -0.39 is 0 Å². The van der Waals surface area contributed by atoms with Gasteiger partial charge in [-0.25, -0.2) is 4.79 Å². The molecule has 0 saturated heterocycles. The highest BCUT2D eigenvalue weighted by molar-refractivity contribution is 5.28. The molecule has 1 aromatic heterocycles. The lowest BCUT2D eigenvalue weighted by Crippen LogP contribution is -2.24. The zero-order chi connectivity index (χ0) is 12.8. The van der Waals surface area contributed by atoms with Gasteiger partial charge in [0.15, 0.2) is 0 Å². The van der Waals surface area contributed by atoms with E-state index in [9.17, 15) is 4.79 Å². The van der Waals surface area contributed by atoms with Crippen LogP contribution in [-0.4, -0.2) is 19.8 Å². The Morgan fingerprint density at radius 1 is 1.06 bits per heavy atom. The molecule has 96 valence electrons. The molecule has 1 heterocycles. The Morgan fingerprint density at radius 3 is 2.56 bits per heavy atom. The molecule has 0 saturated carbocycles. The molecule has 0 aliphatic heterocycles. The summed E-state index contributed by atoms with van der Waals surface area (Å²) in [5.41, 5.74) is 0.583. The number of rotatable bonds is 6. The maximum atomic E-state index is 12.0. The van der Waals surface area contributed by atoms with Crippen LogP contribution in [0.15, 0.2) is 35.1 Å². The van der Waals surface area contributed by atoms with Crippen LogP contribution in [0.1, 0.15) is 32.6 Å². The van der Waals surface area contributed by atoms with Gasteiger partial charge in [-0.1, -0.05) is 44.4 Å². The molecular formula is C13H18N4O. The normalized spacial score (nSPS) is 10.7. The van der Waals surface area contributed by atoms with Crippen molar-refractivity contribution in [2.24, 2.45) is 0 Å². The maximum absolute atomic E-state index is 12.0. The van der Waals surface area contributed by atoms with Crippen molar-refractivity contribution in [1.29, 1.82) is 0 Å². The van der Waals surface area contributed by atoms with Crippen LogP contribution in [0.4, 0.5) is 0 Å². The predicted molar refractivity (Wildman–Crippen MR) is 69.8 cm³/mol. The lowest BCUT2D eigenvalue weighted by Gasteiger charge is -1.98. The monoisotopic (exact) mass is 246 g/mol. The van der Waals surface area contributed by atoms with Crippen LogP contribution in [-0.2, 0) is 6.54 Å². The summed E-state index contributed by atoms with van der Waals surface area (Å²) in [4.78, 5) is 12.0. The number of hydrogen-bond acceptors (Lipinski definition) is 3. The number of benzene rings is 1. The Hall–Kier alpha value is -1.91. The first-order valence-corrected chi connectivity index (χ1v) is 6.41. The van der Waals surface area contributed by atoms with Crippen LogP contribution >= 0.6 is 0 Å². The van der Waals surface area contributed by atoms with Crippen LogP contribution in [0.3, 0.4) is 0 Å². The number of tetrazole rings is 1. The van der Waals surface area contributed by atoms with E-state index in [1.807, 2.05) is 30.3 Å². The smallest absolute Gasteiger partial charge is 0.244 e. The molecule has 0 spiro atoms. The van der Waals surface area contributed by atoms with E-state index in [2.05, 4.69) is 17.4 Å². The minimum absolute atomic E-state index is 0.169. The van der Waals surface area contributed by atoms with Crippen LogP contribution in [0, 0.1) is 0 Å². The summed E-state index contributed by atoms with van der Waals surface area (Å²) >= 11 is 0. The Morgan fingerprint density at radius 2 is 1.83 bits per heavy atom. The summed E-state index contributed by atoms with van der Waals surface area (Å²) in [6, 6.07) is 9.35. The number of para-hydroxylation sites is 1. The Bertz CT molecular complexity index is 529. The van der Waals surface area contributed by atoms with E-state index in [-0.39, 0.29) is 5.69 Å². The number of nitrogens with zero attached hydrogens (tertiary/aromatic N) is 4. The first kappa shape index (κ1) is 12.5. The van der Waals surface area contributed by atoms with E-state index in [0.717, 1.165) is 18.5 Å². The van der Waals surface area contributed by atoms with Crippen molar-refractivity contribution in [2.45, 2.75) is 39.2 Å². The van der Waals surface area contributed by atoms with Gasteiger partial charge in [0.2, 0.25) is 0 Å². The van der Waals surface area contributed by atoms with Crippen molar-refractivity contribution in [3.05, 3.63) is 40.8 Å². The van der Waals surface area contributed by atoms with Gasteiger partial charge in [0.25, 0.3) is 0 Å². The fraction of sp³-hybridized carbons (Fsp3) is 0.462. The molecule has 0 aliphatic carbocycles. The molecule has 0 atom stereocenters. The van der Waals surface area contributed by atoms with E-state index in [4.69, 9.17) is 0 Å². The topological polar surface area (TPSA) is 52.7 Å². The van der Waals surface area contributed by atoms with Crippen LogP contribution < -0.4 is 5.69 Å². The summed E-state index contributed by atoms with van der Waals surface area (Å²) in [6.45, 7) is 2.81. The molecule has 0 aliphatic rings. The molecule has 18 heavy (non-hydrogen) atoms. The van der Waals surface area contributed by atoms with Gasteiger partial charge in [-0.2, -0.15) is 9.36 Å². The van der Waals surface area contributed by atoms with Gasteiger partial charge in [-0.15, -0.1) is 0 Å². The van der Waals surface area contributed by atoms with E-state index in [1.54, 1.807) is 0 Å². The average molecular weight is 246 g/mol. The second-order valence-electron chi connectivity index (χ2n) is 4.29. The fourth-order valence-electron chi connectivity index (χ4n) is 1.83. The molecule has 2 rings (SSSR count). The molecular weight excluding hydrogens is 228 g/mol. The van der Waals surface area contributed by atoms with Gasteiger partial charge >= 0.3 is 5.69 Å². The highest BCUT2D eigenvalue weighted by Gasteiger charge is 2.07. The molecule has 0 bridgehead atoms. The zero-order valence-electron chi connectivity index (χ0n) is 10.6. The van der Waals surface area contributed by atoms with Crippen molar-refractivity contribution in [2.75, 3.05) is 0 Å². The maximum Gasteiger partial charge on any atom is 0.368 e. The highest BCUT2D eigenvalue weighted by atomic mass is 16.2. The third kappa shape index (κ3) is 2.85. The van der Waals surface area contributed by atoms with Gasteiger partial charge in [-0.05, 0) is 29.0 Å². The Kier molecular flexibility index (Phi) is 4.28. The Balaban J connectivity index is 2.07. The van der Waals surface area contributed by atoms with Gasteiger partial charge < -0.3 is 0 Å². The largest absolute Gasteiger partial charge is 0.368 e. The van der Waals surface area contributed by atoms with Gasteiger partial charge in [0.05, 0.1) is 5.69 Å². The van der Waals surface area contributed by atoms with Crippen LogP contribution in [0.5, 0.6) is 0 Å². The standard InChI is InChI=1S/C13H18N4O/c1-2-3-4-8-11-16-13(18)17(15-14-16)12-9-6-5-7-10-12/h5-7,9-10H,2-4,8,11H2,1H3. The second kappa shape index (κ2) is 6.14. The fourth-order valence-corrected chi connectivity index (χ4v) is 1.83. The van der Waals surface area contributed by atoms with Crippen molar-refractivity contribution >= 4 is 0 Å². The summed E-state index contributed by atoms with van der Waals surface area (Å²) in [5.74, 6) is 0. The first-order chi connectivity index (χ1) is 8.83. The van der Waals surface area contributed by atoms with Crippen molar-refractivity contribution in [1.82, 2.24) is 19.8 Å². The highest BCUT2D eigenvalue weighted by Crippen LogP contribution is 2.02. The van der Waals surface area contributed by atoms with Crippen molar-refractivity contribution in [3.8, 4) is 5.69 Å². The summed E-state index contributed by atoms with van der Waals surface area (Å²) < 4.78 is 2.77. The first-order valence-electron chi connectivity index (χ1n) is 6.41. The van der Waals surface area contributed by atoms with E-state index in [0.29, 0.717) is 6.54 Å². The molecule has 5 nitrogen and oxygen atoms in total. The van der Waals surface area contributed by atoms with Crippen LogP contribution in [0.2, 0.25) is 0 Å². The molecule has 1 aromatic carbocycles. The number of aryl methyl sites for hydroxylation is 1. The van der Waals surface area contributed by atoms with Crippen molar-refractivity contribution in [3.63, 3.8) is 0 Å². The average Bonchev–Trinajstić information content (AvgIpc) is 2.77. The lowest BCUT2D eigenvalue weighted by atomic mass is 10.2. The third-order valence-electron chi connectivity index (χ3n) is 2.86. The molecule has 5 heteroatoms. The van der Waals surface area contributed by atoms with Gasteiger partial charge in [-0.3, -0.25) is 0 Å². The molecule has 0 unspecified atom stereocenters. The quantitative estimate of drug-likeness (QED) is 0.733. The SMILES string of the molecule is CCCCCCn1nnn(-c2ccccc2)c1=O. The minimum atomic E-state index is -0.169. The number of unbranched alkanes of at least 4 members (excludes halogenated alkanes) is 3. The Labute approximate surface area is 106 Å². The predicted octanol–water partition coefficient (Wildman–Crippen LogP) is 2.01. The third-order valence-corrected chi connectivity index (χ3v) is 2.86. The lowest BCUT2D eigenvalue weighted by molar-refractivity contribution is 0.517. The van der Waals surface area contributed by atoms with E-state index in [1.165, 1.54) is 22.2 Å². The molecule has 0 N–H and O–H groups in total. The number of aromatic nitrogens is 4.